The Morgan fingerprint density at radius 1 is 1.07 bits per heavy atom. The Kier molecular flexibility index (Phi) is 5.69. The molecule has 0 radical (unpaired) electrons. The first-order chi connectivity index (χ1) is 13.0. The minimum atomic E-state index is -1.14. The smallest absolute Gasteiger partial charge is 0.338 e. The summed E-state index contributed by atoms with van der Waals surface area (Å²) >= 11 is 0. The highest BCUT2D eigenvalue weighted by Crippen LogP contribution is 2.29. The Balaban J connectivity index is 1.59. The molecule has 0 atom stereocenters. The fourth-order valence-corrected chi connectivity index (χ4v) is 2.65. The van der Waals surface area contributed by atoms with Crippen LogP contribution in [0.2, 0.25) is 0 Å². The van der Waals surface area contributed by atoms with Gasteiger partial charge in [-0.15, -0.1) is 0 Å². The third kappa shape index (κ3) is 4.81. The van der Waals surface area contributed by atoms with Gasteiger partial charge >= 0.3 is 5.97 Å². The molecule has 2 aromatic carbocycles. The lowest BCUT2D eigenvalue weighted by atomic mass is 10.2. The molecule has 0 spiro atoms. The van der Waals surface area contributed by atoms with Gasteiger partial charge in [-0.1, -0.05) is 12.1 Å². The van der Waals surface area contributed by atoms with Crippen molar-refractivity contribution in [3.63, 3.8) is 0 Å². The lowest BCUT2D eigenvalue weighted by molar-refractivity contribution is -0.135. The quantitative estimate of drug-likeness (QED) is 0.697. The number of benzene rings is 2. The Morgan fingerprint density at radius 3 is 2.37 bits per heavy atom. The predicted octanol–water partition coefficient (Wildman–Crippen LogP) is 3.32. The molecule has 1 fully saturated rings. The van der Waals surface area contributed by atoms with Crippen molar-refractivity contribution in [1.29, 1.82) is 0 Å². The Bertz CT molecular complexity index is 834. The maximum absolute atomic E-state index is 13.2. The molecule has 7 heteroatoms. The molecule has 0 heterocycles. The van der Waals surface area contributed by atoms with E-state index in [0.29, 0.717) is 6.54 Å². The number of hydrogen-bond donors (Lipinski definition) is 0. The number of nitrogens with zero attached hydrogens (tertiary/aromatic N) is 1. The van der Waals surface area contributed by atoms with E-state index in [2.05, 4.69) is 0 Å². The second kappa shape index (κ2) is 8.16. The van der Waals surface area contributed by atoms with Crippen LogP contribution in [0.15, 0.2) is 42.5 Å². The molecule has 0 unspecified atom stereocenters. The average molecular weight is 375 g/mol. The van der Waals surface area contributed by atoms with Crippen LogP contribution >= 0.6 is 0 Å². The Hall–Kier alpha value is -2.96. The summed E-state index contributed by atoms with van der Waals surface area (Å²) in [5.41, 5.74) is 0.790. The summed E-state index contributed by atoms with van der Waals surface area (Å²) in [4.78, 5) is 26.1. The van der Waals surface area contributed by atoms with Crippen LogP contribution in [-0.2, 0) is 16.1 Å². The van der Waals surface area contributed by atoms with Crippen molar-refractivity contribution in [2.45, 2.75) is 25.4 Å². The van der Waals surface area contributed by atoms with Gasteiger partial charge < -0.3 is 14.4 Å². The SMILES string of the molecule is COc1ccc(CN(C(=O)COC(=O)c2ccc(F)c(F)c2)C2CC2)cc1. The van der Waals surface area contributed by atoms with Crippen LogP contribution in [0.25, 0.3) is 0 Å². The van der Waals surface area contributed by atoms with Crippen molar-refractivity contribution >= 4 is 11.9 Å². The molecule has 0 saturated heterocycles. The zero-order chi connectivity index (χ0) is 19.4. The largest absolute Gasteiger partial charge is 0.497 e. The van der Waals surface area contributed by atoms with Crippen molar-refractivity contribution in [3.05, 3.63) is 65.2 Å². The molecule has 2 aromatic rings. The molecular weight excluding hydrogens is 356 g/mol. The van der Waals surface area contributed by atoms with Crippen LogP contribution < -0.4 is 4.74 Å². The van der Waals surface area contributed by atoms with Gasteiger partial charge in [0.15, 0.2) is 18.2 Å². The number of esters is 1. The minimum absolute atomic E-state index is 0.126. The van der Waals surface area contributed by atoms with Crippen molar-refractivity contribution in [2.24, 2.45) is 0 Å². The normalized spacial score (nSPS) is 13.1. The molecule has 1 saturated carbocycles. The first kappa shape index (κ1) is 18.8. The van der Waals surface area contributed by atoms with E-state index in [1.165, 1.54) is 0 Å². The monoisotopic (exact) mass is 375 g/mol. The van der Waals surface area contributed by atoms with Crippen molar-refractivity contribution in [3.8, 4) is 5.75 Å². The van der Waals surface area contributed by atoms with Gasteiger partial charge in [0.1, 0.15) is 5.75 Å². The first-order valence-corrected chi connectivity index (χ1v) is 8.52. The molecule has 0 aliphatic heterocycles. The summed E-state index contributed by atoms with van der Waals surface area (Å²) in [6, 6.07) is 10.2. The number of hydrogen-bond acceptors (Lipinski definition) is 4. The molecular formula is C20H19F2NO4. The maximum atomic E-state index is 13.2. The highest BCUT2D eigenvalue weighted by atomic mass is 19.2. The number of carbonyl (C=O) groups is 2. The second-order valence-corrected chi connectivity index (χ2v) is 6.31. The maximum Gasteiger partial charge on any atom is 0.338 e. The van der Waals surface area contributed by atoms with Crippen LogP contribution in [0.3, 0.4) is 0 Å². The van der Waals surface area contributed by atoms with Crippen LogP contribution in [0, 0.1) is 11.6 Å². The zero-order valence-corrected chi connectivity index (χ0v) is 14.8. The lowest BCUT2D eigenvalue weighted by Crippen LogP contribution is -2.36. The molecule has 0 N–H and O–H groups in total. The number of amides is 1. The van der Waals surface area contributed by atoms with Gasteiger partial charge in [0, 0.05) is 12.6 Å². The highest BCUT2D eigenvalue weighted by molar-refractivity contribution is 5.91. The molecule has 27 heavy (non-hydrogen) atoms. The van der Waals surface area contributed by atoms with Crippen molar-refractivity contribution < 1.29 is 27.8 Å². The van der Waals surface area contributed by atoms with E-state index in [-0.39, 0.29) is 17.5 Å². The van der Waals surface area contributed by atoms with Crippen LogP contribution in [-0.4, -0.2) is 36.5 Å². The lowest BCUT2D eigenvalue weighted by Gasteiger charge is -2.22. The summed E-state index contributed by atoms with van der Waals surface area (Å²) in [5.74, 6) is -2.67. The number of carbonyl (C=O) groups excluding carboxylic acids is 2. The van der Waals surface area contributed by atoms with Crippen LogP contribution in [0.4, 0.5) is 8.78 Å². The summed E-state index contributed by atoms with van der Waals surface area (Å²) in [7, 11) is 1.58. The Morgan fingerprint density at radius 2 is 1.78 bits per heavy atom. The number of rotatable bonds is 7. The average Bonchev–Trinajstić information content (AvgIpc) is 3.51. The fourth-order valence-electron chi connectivity index (χ4n) is 2.65. The molecule has 1 aliphatic carbocycles. The molecule has 1 aliphatic rings. The van der Waals surface area contributed by atoms with Crippen molar-refractivity contribution in [2.75, 3.05) is 13.7 Å². The van der Waals surface area contributed by atoms with E-state index in [1.807, 2.05) is 24.3 Å². The van der Waals surface area contributed by atoms with Crippen molar-refractivity contribution in [1.82, 2.24) is 4.90 Å². The van der Waals surface area contributed by atoms with E-state index in [0.717, 1.165) is 42.4 Å². The van der Waals surface area contributed by atoms with Gasteiger partial charge in [0.05, 0.1) is 12.7 Å². The van der Waals surface area contributed by atoms with E-state index in [4.69, 9.17) is 9.47 Å². The zero-order valence-electron chi connectivity index (χ0n) is 14.8. The van der Waals surface area contributed by atoms with Gasteiger partial charge in [0.25, 0.3) is 5.91 Å². The molecule has 0 bridgehead atoms. The molecule has 142 valence electrons. The van der Waals surface area contributed by atoms with E-state index >= 15 is 0 Å². The third-order valence-electron chi connectivity index (χ3n) is 4.30. The van der Waals surface area contributed by atoms with E-state index < -0.39 is 24.2 Å². The second-order valence-electron chi connectivity index (χ2n) is 6.31. The summed E-state index contributed by atoms with van der Waals surface area (Å²) in [6.07, 6.45) is 1.80. The Labute approximate surface area is 155 Å². The molecule has 0 aromatic heterocycles. The topological polar surface area (TPSA) is 55.8 Å². The highest BCUT2D eigenvalue weighted by Gasteiger charge is 2.33. The third-order valence-corrected chi connectivity index (χ3v) is 4.30. The fraction of sp³-hybridized carbons (Fsp3) is 0.300. The van der Waals surface area contributed by atoms with Gasteiger partial charge in [-0.25, -0.2) is 13.6 Å². The number of halogens is 2. The summed E-state index contributed by atoms with van der Waals surface area (Å²) in [6.45, 7) is -0.0549. The van der Waals surface area contributed by atoms with Crippen LogP contribution in [0.5, 0.6) is 5.75 Å². The number of methoxy groups -OCH3 is 1. The molecule has 5 nitrogen and oxygen atoms in total. The molecule has 1 amide bonds. The van der Waals surface area contributed by atoms with E-state index in [9.17, 15) is 18.4 Å². The standard InChI is InChI=1S/C20H19F2NO4/c1-26-16-7-2-13(3-8-16)11-23(15-5-6-15)19(24)12-27-20(25)14-4-9-17(21)18(22)10-14/h2-4,7-10,15H,5-6,11-12H2,1H3. The van der Waals surface area contributed by atoms with Gasteiger partial charge in [-0.2, -0.15) is 0 Å². The van der Waals surface area contributed by atoms with Crippen LogP contribution in [0.1, 0.15) is 28.8 Å². The number of ether oxygens (including phenoxy) is 2. The van der Waals surface area contributed by atoms with Gasteiger partial charge in [-0.05, 0) is 48.7 Å². The minimum Gasteiger partial charge on any atom is -0.497 e. The first-order valence-electron chi connectivity index (χ1n) is 8.52. The van der Waals surface area contributed by atoms with Gasteiger partial charge in [0.2, 0.25) is 0 Å². The summed E-state index contributed by atoms with van der Waals surface area (Å²) in [5, 5.41) is 0. The van der Waals surface area contributed by atoms with Gasteiger partial charge in [-0.3, -0.25) is 4.79 Å². The summed E-state index contributed by atoms with van der Waals surface area (Å²) < 4.78 is 36.2. The van der Waals surface area contributed by atoms with E-state index in [1.54, 1.807) is 12.0 Å². The predicted molar refractivity (Wildman–Crippen MR) is 93.2 cm³/mol. The molecule has 3 rings (SSSR count).